The van der Waals surface area contributed by atoms with Crippen molar-refractivity contribution in [2.75, 3.05) is 46.3 Å². The lowest BCUT2D eigenvalue weighted by atomic mass is 10.4. The van der Waals surface area contributed by atoms with Crippen LogP contribution in [0.25, 0.3) is 0 Å². The average Bonchev–Trinajstić information content (AvgIpc) is 3.01. The van der Waals surface area contributed by atoms with Crippen molar-refractivity contribution in [3.63, 3.8) is 0 Å². The SMILES string of the molecule is CN(CCN1CCCNCC1)C1CC1. The molecule has 2 aliphatic rings. The van der Waals surface area contributed by atoms with Gasteiger partial charge < -0.3 is 15.1 Å². The number of likely N-dealkylation sites (N-methyl/N-ethyl adjacent to an activating group) is 1. The molecule has 1 heterocycles. The maximum Gasteiger partial charge on any atom is 0.0110 e. The fraction of sp³-hybridized carbons (Fsp3) is 1.00. The molecule has 0 aromatic carbocycles. The highest BCUT2D eigenvalue weighted by Gasteiger charge is 2.25. The van der Waals surface area contributed by atoms with Gasteiger partial charge in [-0.05, 0) is 39.4 Å². The van der Waals surface area contributed by atoms with Crippen molar-refractivity contribution in [2.45, 2.75) is 25.3 Å². The first-order valence-electron chi connectivity index (χ1n) is 5.99. The van der Waals surface area contributed by atoms with Crippen LogP contribution >= 0.6 is 0 Å². The van der Waals surface area contributed by atoms with Crippen LogP contribution in [0.1, 0.15) is 19.3 Å². The van der Waals surface area contributed by atoms with Crippen molar-refractivity contribution >= 4 is 0 Å². The zero-order valence-electron chi connectivity index (χ0n) is 9.34. The van der Waals surface area contributed by atoms with E-state index in [9.17, 15) is 0 Å². The summed E-state index contributed by atoms with van der Waals surface area (Å²) in [4.78, 5) is 5.12. The first-order valence-corrected chi connectivity index (χ1v) is 5.99. The summed E-state index contributed by atoms with van der Waals surface area (Å²) in [6, 6.07) is 0.917. The smallest absolute Gasteiger partial charge is 0.0110 e. The molecule has 2 rings (SSSR count). The van der Waals surface area contributed by atoms with Gasteiger partial charge in [-0.15, -0.1) is 0 Å². The van der Waals surface area contributed by atoms with Gasteiger partial charge in [0.05, 0.1) is 0 Å². The third-order valence-corrected chi connectivity index (χ3v) is 3.37. The molecule has 2 fully saturated rings. The Bertz CT molecular complexity index is 160. The molecule has 1 saturated heterocycles. The topological polar surface area (TPSA) is 18.5 Å². The van der Waals surface area contributed by atoms with E-state index in [0.717, 1.165) is 6.04 Å². The van der Waals surface area contributed by atoms with Crippen molar-refractivity contribution in [3.05, 3.63) is 0 Å². The van der Waals surface area contributed by atoms with E-state index in [4.69, 9.17) is 0 Å². The predicted molar refractivity (Wildman–Crippen MR) is 59.6 cm³/mol. The fourth-order valence-electron chi connectivity index (χ4n) is 2.12. The monoisotopic (exact) mass is 197 g/mol. The van der Waals surface area contributed by atoms with E-state index in [0.29, 0.717) is 0 Å². The van der Waals surface area contributed by atoms with E-state index in [1.165, 1.54) is 58.5 Å². The highest BCUT2D eigenvalue weighted by molar-refractivity contribution is 4.82. The lowest BCUT2D eigenvalue weighted by molar-refractivity contribution is 0.230. The van der Waals surface area contributed by atoms with Gasteiger partial charge in [0.1, 0.15) is 0 Å². The second-order valence-corrected chi connectivity index (χ2v) is 4.66. The summed E-state index contributed by atoms with van der Waals surface area (Å²) in [5.74, 6) is 0. The van der Waals surface area contributed by atoms with E-state index >= 15 is 0 Å². The molecular formula is C11H23N3. The van der Waals surface area contributed by atoms with E-state index in [2.05, 4.69) is 22.2 Å². The molecule has 0 radical (unpaired) electrons. The third-order valence-electron chi connectivity index (χ3n) is 3.37. The van der Waals surface area contributed by atoms with Crippen LogP contribution in [0.2, 0.25) is 0 Å². The summed E-state index contributed by atoms with van der Waals surface area (Å²) in [6.07, 6.45) is 4.17. The maximum absolute atomic E-state index is 3.44. The van der Waals surface area contributed by atoms with Gasteiger partial charge in [0, 0.05) is 32.2 Å². The molecule has 0 spiro atoms. The van der Waals surface area contributed by atoms with Crippen molar-refractivity contribution in [3.8, 4) is 0 Å². The van der Waals surface area contributed by atoms with Gasteiger partial charge in [-0.25, -0.2) is 0 Å². The summed E-state index contributed by atoms with van der Waals surface area (Å²) in [5.41, 5.74) is 0. The number of rotatable bonds is 4. The van der Waals surface area contributed by atoms with Gasteiger partial charge in [0.15, 0.2) is 0 Å². The Hall–Kier alpha value is -0.120. The molecule has 14 heavy (non-hydrogen) atoms. The first kappa shape index (κ1) is 10.4. The Balaban J connectivity index is 1.62. The van der Waals surface area contributed by atoms with Gasteiger partial charge in [-0.1, -0.05) is 0 Å². The van der Waals surface area contributed by atoms with Gasteiger partial charge in [-0.2, -0.15) is 0 Å². The normalized spacial score (nSPS) is 25.3. The molecule has 0 aromatic heterocycles. The summed E-state index contributed by atoms with van der Waals surface area (Å²) < 4.78 is 0. The predicted octanol–water partition coefficient (Wildman–Crippen LogP) is 0.376. The zero-order chi connectivity index (χ0) is 9.80. The standard InChI is InChI=1S/C11H23N3/c1-13(11-3-4-11)9-10-14-7-2-5-12-6-8-14/h11-12H,2-10H2,1H3. The number of hydrogen-bond donors (Lipinski definition) is 1. The first-order chi connectivity index (χ1) is 6.86. The maximum atomic E-state index is 3.44. The molecule has 1 aliphatic carbocycles. The highest BCUT2D eigenvalue weighted by Crippen LogP contribution is 2.24. The quantitative estimate of drug-likeness (QED) is 0.703. The van der Waals surface area contributed by atoms with E-state index < -0.39 is 0 Å². The van der Waals surface area contributed by atoms with Crippen molar-refractivity contribution in [1.82, 2.24) is 15.1 Å². The number of nitrogens with one attached hydrogen (secondary N) is 1. The molecule has 1 N–H and O–H groups in total. The van der Waals surface area contributed by atoms with Crippen LogP contribution in [0.15, 0.2) is 0 Å². The van der Waals surface area contributed by atoms with Crippen LogP contribution in [-0.4, -0.2) is 62.2 Å². The second-order valence-electron chi connectivity index (χ2n) is 4.66. The highest BCUT2D eigenvalue weighted by atomic mass is 15.2. The van der Waals surface area contributed by atoms with Gasteiger partial charge in [-0.3, -0.25) is 0 Å². The Morgan fingerprint density at radius 1 is 1.29 bits per heavy atom. The van der Waals surface area contributed by atoms with E-state index in [1.54, 1.807) is 0 Å². The summed E-state index contributed by atoms with van der Waals surface area (Å²) in [6.45, 7) is 7.41. The number of nitrogens with zero attached hydrogens (tertiary/aromatic N) is 2. The largest absolute Gasteiger partial charge is 0.315 e. The average molecular weight is 197 g/mol. The Morgan fingerprint density at radius 3 is 2.93 bits per heavy atom. The Kier molecular flexibility index (Phi) is 3.79. The minimum Gasteiger partial charge on any atom is -0.315 e. The lowest BCUT2D eigenvalue weighted by Gasteiger charge is -2.23. The van der Waals surface area contributed by atoms with Gasteiger partial charge >= 0.3 is 0 Å². The van der Waals surface area contributed by atoms with E-state index in [-0.39, 0.29) is 0 Å². The Labute approximate surface area is 87.4 Å². The Morgan fingerprint density at radius 2 is 2.14 bits per heavy atom. The zero-order valence-corrected chi connectivity index (χ0v) is 9.34. The van der Waals surface area contributed by atoms with Crippen molar-refractivity contribution in [2.24, 2.45) is 0 Å². The fourth-order valence-corrected chi connectivity index (χ4v) is 2.12. The molecule has 0 amide bonds. The summed E-state index contributed by atoms with van der Waals surface area (Å²) in [7, 11) is 2.27. The molecule has 1 saturated carbocycles. The molecule has 0 unspecified atom stereocenters. The minimum absolute atomic E-state index is 0.917. The summed E-state index contributed by atoms with van der Waals surface area (Å²) >= 11 is 0. The van der Waals surface area contributed by atoms with Crippen LogP contribution in [0.3, 0.4) is 0 Å². The summed E-state index contributed by atoms with van der Waals surface area (Å²) in [5, 5.41) is 3.44. The van der Waals surface area contributed by atoms with Crippen molar-refractivity contribution < 1.29 is 0 Å². The molecule has 3 heteroatoms. The number of hydrogen-bond acceptors (Lipinski definition) is 3. The van der Waals surface area contributed by atoms with Crippen LogP contribution in [0.4, 0.5) is 0 Å². The molecule has 0 bridgehead atoms. The van der Waals surface area contributed by atoms with Gasteiger partial charge in [0.25, 0.3) is 0 Å². The van der Waals surface area contributed by atoms with Crippen molar-refractivity contribution in [1.29, 1.82) is 0 Å². The van der Waals surface area contributed by atoms with Crippen LogP contribution < -0.4 is 5.32 Å². The van der Waals surface area contributed by atoms with Crippen LogP contribution in [-0.2, 0) is 0 Å². The van der Waals surface area contributed by atoms with Crippen LogP contribution in [0, 0.1) is 0 Å². The second kappa shape index (κ2) is 5.10. The third kappa shape index (κ3) is 3.23. The molecular weight excluding hydrogens is 174 g/mol. The van der Waals surface area contributed by atoms with Gasteiger partial charge in [0.2, 0.25) is 0 Å². The molecule has 0 aromatic rings. The van der Waals surface area contributed by atoms with Crippen LogP contribution in [0.5, 0.6) is 0 Å². The minimum atomic E-state index is 0.917. The van der Waals surface area contributed by atoms with E-state index in [1.807, 2.05) is 0 Å². The molecule has 0 atom stereocenters. The molecule has 3 nitrogen and oxygen atoms in total. The lowest BCUT2D eigenvalue weighted by Crippen LogP contribution is -2.36. The molecule has 82 valence electrons. The molecule has 1 aliphatic heterocycles.